The highest BCUT2D eigenvalue weighted by Crippen LogP contribution is 2.26. The fourth-order valence-corrected chi connectivity index (χ4v) is 4.28. The van der Waals surface area contributed by atoms with Crippen LogP contribution in [0.15, 0.2) is 12.3 Å². The normalized spacial score (nSPS) is 21.5. The molecule has 1 aliphatic heterocycles. The number of aryl methyl sites for hydroxylation is 1. The second-order valence-corrected chi connectivity index (χ2v) is 7.38. The molecule has 1 fully saturated rings. The second kappa shape index (κ2) is 5.46. The van der Waals surface area contributed by atoms with Gasteiger partial charge in [-0.05, 0) is 26.5 Å². The zero-order valence-corrected chi connectivity index (χ0v) is 12.5. The average molecular weight is 283 g/mol. The fourth-order valence-electron chi connectivity index (χ4n) is 2.51. The van der Waals surface area contributed by atoms with Crippen molar-refractivity contribution in [2.45, 2.75) is 25.9 Å². The molecule has 0 spiro atoms. The number of hydrogen-bond donors (Lipinski definition) is 1. The van der Waals surface area contributed by atoms with Crippen molar-refractivity contribution in [3.05, 3.63) is 23.5 Å². The quantitative estimate of drug-likeness (QED) is 0.883. The Kier molecular flexibility index (Phi) is 4.10. The fraction of sp³-hybridized carbons (Fsp3) is 0.615. The molecular weight excluding hydrogens is 262 g/mol. The molecule has 0 aliphatic carbocycles. The van der Waals surface area contributed by atoms with Crippen molar-refractivity contribution in [1.82, 2.24) is 10.3 Å². The van der Waals surface area contributed by atoms with E-state index in [-0.39, 0.29) is 11.8 Å². The van der Waals surface area contributed by atoms with Gasteiger partial charge in [-0.2, -0.15) is 0 Å². The molecule has 0 bridgehead atoms. The molecule has 1 unspecified atom stereocenters. The van der Waals surface area contributed by atoms with Gasteiger partial charge >= 0.3 is 0 Å². The molecule has 0 saturated carbocycles. The molecule has 0 amide bonds. The number of anilines is 1. The number of hydrogen-bond acceptors (Lipinski definition) is 5. The standard InChI is InChI=1S/C13H21N3O2S/c1-10-6-13(11(7-14-2)8-15-10)16(3)12-4-5-19(17,18)9-12/h6,8,12,14H,4-5,7,9H2,1-3H3. The van der Waals surface area contributed by atoms with Crippen molar-refractivity contribution in [3.63, 3.8) is 0 Å². The first-order valence-corrected chi connectivity index (χ1v) is 8.28. The third-order valence-electron chi connectivity index (χ3n) is 3.60. The molecule has 1 atom stereocenters. The Morgan fingerprint density at radius 1 is 1.53 bits per heavy atom. The number of rotatable bonds is 4. The van der Waals surface area contributed by atoms with Gasteiger partial charge in [0, 0.05) is 42.8 Å². The Labute approximate surface area is 114 Å². The van der Waals surface area contributed by atoms with Crippen molar-refractivity contribution in [3.8, 4) is 0 Å². The van der Waals surface area contributed by atoms with Crippen LogP contribution in [0.5, 0.6) is 0 Å². The van der Waals surface area contributed by atoms with Crippen molar-refractivity contribution in [2.75, 3.05) is 30.5 Å². The summed E-state index contributed by atoms with van der Waals surface area (Å²) >= 11 is 0. The Morgan fingerprint density at radius 2 is 2.26 bits per heavy atom. The maximum atomic E-state index is 11.6. The highest BCUT2D eigenvalue weighted by atomic mass is 32.2. The summed E-state index contributed by atoms with van der Waals surface area (Å²) < 4.78 is 23.2. The highest BCUT2D eigenvalue weighted by molar-refractivity contribution is 7.91. The van der Waals surface area contributed by atoms with E-state index in [1.165, 1.54) is 0 Å². The third-order valence-corrected chi connectivity index (χ3v) is 5.35. The zero-order valence-electron chi connectivity index (χ0n) is 11.7. The van der Waals surface area contributed by atoms with Gasteiger partial charge in [0.25, 0.3) is 0 Å². The predicted molar refractivity (Wildman–Crippen MR) is 77.2 cm³/mol. The molecule has 1 aliphatic rings. The second-order valence-electron chi connectivity index (χ2n) is 5.15. The predicted octanol–water partition coefficient (Wildman–Crippen LogP) is 0.733. The summed E-state index contributed by atoms with van der Waals surface area (Å²) in [6.07, 6.45) is 2.57. The van der Waals surface area contributed by atoms with Gasteiger partial charge in [-0.25, -0.2) is 8.42 Å². The summed E-state index contributed by atoms with van der Waals surface area (Å²) in [4.78, 5) is 6.40. The SMILES string of the molecule is CNCc1cnc(C)cc1N(C)C1CCS(=O)(=O)C1. The molecule has 6 heteroatoms. The molecule has 1 aromatic rings. The number of pyridine rings is 1. The first-order valence-electron chi connectivity index (χ1n) is 6.46. The summed E-state index contributed by atoms with van der Waals surface area (Å²) in [6.45, 7) is 2.68. The molecule has 0 aromatic carbocycles. The van der Waals surface area contributed by atoms with Crippen LogP contribution in [0.3, 0.4) is 0 Å². The molecule has 106 valence electrons. The molecule has 1 N–H and O–H groups in total. The van der Waals surface area contributed by atoms with E-state index in [9.17, 15) is 8.42 Å². The minimum atomic E-state index is -2.86. The summed E-state index contributed by atoms with van der Waals surface area (Å²) in [5.41, 5.74) is 3.12. The van der Waals surface area contributed by atoms with Crippen molar-refractivity contribution < 1.29 is 8.42 Å². The maximum absolute atomic E-state index is 11.6. The van der Waals surface area contributed by atoms with Crippen LogP contribution in [-0.2, 0) is 16.4 Å². The van der Waals surface area contributed by atoms with E-state index in [0.717, 1.165) is 23.5 Å². The van der Waals surface area contributed by atoms with E-state index in [2.05, 4.69) is 15.2 Å². The van der Waals surface area contributed by atoms with Crippen molar-refractivity contribution >= 4 is 15.5 Å². The van der Waals surface area contributed by atoms with Crippen LogP contribution in [-0.4, -0.2) is 45.0 Å². The van der Waals surface area contributed by atoms with Gasteiger partial charge in [0.2, 0.25) is 0 Å². The Bertz CT molecular complexity index is 557. The molecule has 2 rings (SSSR count). The van der Waals surface area contributed by atoms with Crippen LogP contribution in [0.1, 0.15) is 17.7 Å². The zero-order chi connectivity index (χ0) is 14.0. The monoisotopic (exact) mass is 283 g/mol. The molecule has 19 heavy (non-hydrogen) atoms. The van der Waals surface area contributed by atoms with E-state index >= 15 is 0 Å². The van der Waals surface area contributed by atoms with Gasteiger partial charge in [0.05, 0.1) is 11.5 Å². The van der Waals surface area contributed by atoms with Crippen molar-refractivity contribution in [2.24, 2.45) is 0 Å². The summed E-state index contributed by atoms with van der Waals surface area (Å²) in [5.74, 6) is 0.553. The van der Waals surface area contributed by atoms with E-state index < -0.39 is 9.84 Å². The number of nitrogens with zero attached hydrogens (tertiary/aromatic N) is 2. The summed E-state index contributed by atoms with van der Waals surface area (Å²) in [7, 11) is 1.01. The van der Waals surface area contributed by atoms with Crippen LogP contribution in [0, 0.1) is 6.92 Å². The Morgan fingerprint density at radius 3 is 2.84 bits per heavy atom. The summed E-state index contributed by atoms with van der Waals surface area (Å²) in [6, 6.07) is 2.10. The molecule has 0 radical (unpaired) electrons. The lowest BCUT2D eigenvalue weighted by Gasteiger charge is -2.28. The van der Waals surface area contributed by atoms with Gasteiger partial charge in [-0.3, -0.25) is 4.98 Å². The van der Waals surface area contributed by atoms with E-state index in [1.807, 2.05) is 33.3 Å². The lowest BCUT2D eigenvalue weighted by atomic mass is 10.1. The van der Waals surface area contributed by atoms with Crippen LogP contribution in [0.4, 0.5) is 5.69 Å². The minimum Gasteiger partial charge on any atom is -0.370 e. The van der Waals surface area contributed by atoms with Gasteiger partial charge in [-0.15, -0.1) is 0 Å². The Hall–Kier alpha value is -1.14. The van der Waals surface area contributed by atoms with Crippen LogP contribution in [0.25, 0.3) is 0 Å². The van der Waals surface area contributed by atoms with E-state index in [0.29, 0.717) is 12.2 Å². The summed E-state index contributed by atoms with van der Waals surface area (Å²) in [5, 5.41) is 3.12. The van der Waals surface area contributed by atoms with E-state index in [1.54, 1.807) is 0 Å². The molecule has 1 saturated heterocycles. The lowest BCUT2D eigenvalue weighted by molar-refractivity contribution is 0.600. The highest BCUT2D eigenvalue weighted by Gasteiger charge is 2.31. The first kappa shape index (κ1) is 14.3. The van der Waals surface area contributed by atoms with Crippen LogP contribution in [0.2, 0.25) is 0 Å². The lowest BCUT2D eigenvalue weighted by Crippen LogP contribution is -2.33. The average Bonchev–Trinajstić information content (AvgIpc) is 2.71. The topological polar surface area (TPSA) is 62.3 Å². The number of nitrogens with one attached hydrogen (secondary N) is 1. The number of aromatic nitrogens is 1. The van der Waals surface area contributed by atoms with Gasteiger partial charge in [-0.1, -0.05) is 0 Å². The molecular formula is C13H21N3O2S. The van der Waals surface area contributed by atoms with Crippen LogP contribution < -0.4 is 10.2 Å². The van der Waals surface area contributed by atoms with Crippen LogP contribution >= 0.6 is 0 Å². The maximum Gasteiger partial charge on any atom is 0.152 e. The van der Waals surface area contributed by atoms with E-state index in [4.69, 9.17) is 0 Å². The smallest absolute Gasteiger partial charge is 0.152 e. The molecule has 2 heterocycles. The Balaban J connectivity index is 2.27. The largest absolute Gasteiger partial charge is 0.370 e. The minimum absolute atomic E-state index is 0.0717. The molecule has 1 aromatic heterocycles. The first-order chi connectivity index (χ1) is 8.93. The van der Waals surface area contributed by atoms with Gasteiger partial charge < -0.3 is 10.2 Å². The number of sulfone groups is 1. The molecule has 5 nitrogen and oxygen atoms in total. The third kappa shape index (κ3) is 3.25. The van der Waals surface area contributed by atoms with Gasteiger partial charge in [0.1, 0.15) is 0 Å². The van der Waals surface area contributed by atoms with Gasteiger partial charge in [0.15, 0.2) is 9.84 Å². The van der Waals surface area contributed by atoms with Crippen molar-refractivity contribution in [1.29, 1.82) is 0 Å².